The smallest absolute Gasteiger partial charge is 0.263 e. The Morgan fingerprint density at radius 1 is 1.43 bits per heavy atom. The summed E-state index contributed by atoms with van der Waals surface area (Å²) < 4.78 is 24.5. The lowest BCUT2D eigenvalue weighted by Gasteiger charge is -2.03. The van der Waals surface area contributed by atoms with E-state index in [0.29, 0.717) is 12.1 Å². The molecule has 0 spiro atoms. The van der Waals surface area contributed by atoms with Gasteiger partial charge in [-0.3, -0.25) is 0 Å². The van der Waals surface area contributed by atoms with E-state index in [9.17, 15) is 13.9 Å². The number of hydrogen-bond donors (Lipinski definition) is 2. The fourth-order valence-corrected chi connectivity index (χ4v) is 1.04. The van der Waals surface area contributed by atoms with Gasteiger partial charge in [0.1, 0.15) is 5.75 Å². The number of aromatic hydroxyl groups is 1. The van der Waals surface area contributed by atoms with Gasteiger partial charge in [-0.2, -0.15) is 0 Å². The average Bonchev–Trinajstić information content (AvgIpc) is 2.16. The lowest BCUT2D eigenvalue weighted by Crippen LogP contribution is -1.92. The van der Waals surface area contributed by atoms with Gasteiger partial charge >= 0.3 is 0 Å². The number of phenolic OH excluding ortho intramolecular Hbond substituents is 1. The van der Waals surface area contributed by atoms with Crippen LogP contribution in [-0.2, 0) is 0 Å². The van der Waals surface area contributed by atoms with Crippen LogP contribution in [0.5, 0.6) is 5.75 Å². The van der Waals surface area contributed by atoms with Gasteiger partial charge in [0.05, 0.1) is 0 Å². The first kappa shape index (κ1) is 10.7. The van der Waals surface area contributed by atoms with E-state index in [4.69, 9.17) is 5.73 Å². The summed E-state index contributed by atoms with van der Waals surface area (Å²) in [5.41, 5.74) is 5.45. The Bertz CT molecular complexity index is 337. The Morgan fingerprint density at radius 3 is 2.71 bits per heavy atom. The zero-order valence-corrected chi connectivity index (χ0v) is 7.45. The molecule has 0 bridgehead atoms. The highest BCUT2D eigenvalue weighted by molar-refractivity contribution is 5.58. The van der Waals surface area contributed by atoms with Crippen LogP contribution >= 0.6 is 0 Å². The van der Waals surface area contributed by atoms with E-state index in [1.54, 1.807) is 6.08 Å². The number of rotatable bonds is 3. The normalized spacial score (nSPS) is 11.4. The number of phenols is 1. The molecule has 3 N–H and O–H groups in total. The number of benzene rings is 1. The molecule has 0 saturated carbocycles. The molecule has 0 heterocycles. The summed E-state index contributed by atoms with van der Waals surface area (Å²) in [6.07, 6.45) is 0.575. The summed E-state index contributed by atoms with van der Waals surface area (Å²) >= 11 is 0. The van der Waals surface area contributed by atoms with E-state index in [0.717, 1.165) is 0 Å². The predicted molar refractivity (Wildman–Crippen MR) is 51.2 cm³/mol. The molecule has 0 aliphatic carbocycles. The number of hydrogen-bond acceptors (Lipinski definition) is 2. The SMILES string of the molecule is NC/C=C/c1cc(C(F)F)ccc1O. The minimum absolute atomic E-state index is 0.0286. The second-order valence-corrected chi connectivity index (χ2v) is 2.76. The van der Waals surface area contributed by atoms with Gasteiger partial charge < -0.3 is 10.8 Å². The molecule has 1 aromatic rings. The van der Waals surface area contributed by atoms with Crippen LogP contribution in [0.15, 0.2) is 24.3 Å². The fourth-order valence-electron chi connectivity index (χ4n) is 1.04. The molecule has 0 atom stereocenters. The van der Waals surface area contributed by atoms with Gasteiger partial charge in [0, 0.05) is 17.7 Å². The van der Waals surface area contributed by atoms with E-state index in [1.165, 1.54) is 24.3 Å². The molecule has 76 valence electrons. The second-order valence-electron chi connectivity index (χ2n) is 2.76. The third-order valence-electron chi connectivity index (χ3n) is 1.74. The van der Waals surface area contributed by atoms with Gasteiger partial charge in [-0.25, -0.2) is 8.78 Å². The molecule has 1 rings (SSSR count). The quantitative estimate of drug-likeness (QED) is 0.784. The molecule has 0 fully saturated rings. The molecule has 0 saturated heterocycles. The number of nitrogens with two attached hydrogens (primary N) is 1. The Kier molecular flexibility index (Phi) is 3.59. The molecule has 0 aromatic heterocycles. The van der Waals surface area contributed by atoms with Gasteiger partial charge in [-0.1, -0.05) is 12.2 Å². The standard InChI is InChI=1S/C10H11F2NO/c11-10(12)8-3-4-9(14)7(6-8)2-1-5-13/h1-4,6,10,14H,5,13H2/b2-1+. The van der Waals surface area contributed by atoms with Crippen molar-refractivity contribution in [2.45, 2.75) is 6.43 Å². The molecular formula is C10H11F2NO. The summed E-state index contributed by atoms with van der Waals surface area (Å²) in [4.78, 5) is 0. The summed E-state index contributed by atoms with van der Waals surface area (Å²) in [5, 5.41) is 9.31. The zero-order valence-electron chi connectivity index (χ0n) is 7.45. The Hall–Kier alpha value is -1.42. The van der Waals surface area contributed by atoms with Gasteiger partial charge in [0.25, 0.3) is 6.43 Å². The minimum Gasteiger partial charge on any atom is -0.507 e. The topological polar surface area (TPSA) is 46.2 Å². The summed E-state index contributed by atoms with van der Waals surface area (Å²) in [5.74, 6) is -0.0286. The molecule has 0 aliphatic rings. The summed E-state index contributed by atoms with van der Waals surface area (Å²) in [6.45, 7) is 0.304. The molecule has 0 amide bonds. The molecule has 4 heteroatoms. The summed E-state index contributed by atoms with van der Waals surface area (Å²) in [6, 6.07) is 3.68. The first-order valence-electron chi connectivity index (χ1n) is 4.13. The van der Waals surface area contributed by atoms with E-state index in [-0.39, 0.29) is 11.3 Å². The fraction of sp³-hybridized carbons (Fsp3) is 0.200. The minimum atomic E-state index is -2.53. The van der Waals surface area contributed by atoms with E-state index < -0.39 is 6.43 Å². The molecule has 1 aromatic carbocycles. The van der Waals surface area contributed by atoms with Crippen molar-refractivity contribution in [3.63, 3.8) is 0 Å². The van der Waals surface area contributed by atoms with Crippen molar-refractivity contribution in [3.8, 4) is 5.75 Å². The maximum absolute atomic E-state index is 12.3. The van der Waals surface area contributed by atoms with Crippen LogP contribution in [0.4, 0.5) is 8.78 Å². The van der Waals surface area contributed by atoms with Crippen molar-refractivity contribution in [2.75, 3.05) is 6.54 Å². The van der Waals surface area contributed by atoms with E-state index in [2.05, 4.69) is 0 Å². The van der Waals surface area contributed by atoms with Gasteiger partial charge in [0.2, 0.25) is 0 Å². The van der Waals surface area contributed by atoms with Gasteiger partial charge in [0.15, 0.2) is 0 Å². The van der Waals surface area contributed by atoms with Crippen molar-refractivity contribution in [2.24, 2.45) is 5.73 Å². The van der Waals surface area contributed by atoms with Crippen LogP contribution < -0.4 is 5.73 Å². The molecule has 2 nitrogen and oxygen atoms in total. The molecule has 0 unspecified atom stereocenters. The Balaban J connectivity index is 3.02. The molecule has 0 radical (unpaired) electrons. The van der Waals surface area contributed by atoms with Crippen LogP contribution in [0.25, 0.3) is 6.08 Å². The van der Waals surface area contributed by atoms with Gasteiger partial charge in [-0.05, 0) is 18.2 Å². The highest BCUT2D eigenvalue weighted by Crippen LogP contribution is 2.25. The van der Waals surface area contributed by atoms with Crippen LogP contribution in [0.1, 0.15) is 17.6 Å². The van der Waals surface area contributed by atoms with Crippen molar-refractivity contribution < 1.29 is 13.9 Å². The van der Waals surface area contributed by atoms with Crippen LogP contribution in [0.3, 0.4) is 0 Å². The summed E-state index contributed by atoms with van der Waals surface area (Å²) in [7, 11) is 0. The monoisotopic (exact) mass is 199 g/mol. The zero-order chi connectivity index (χ0) is 10.6. The number of halogens is 2. The van der Waals surface area contributed by atoms with Crippen molar-refractivity contribution in [3.05, 3.63) is 35.4 Å². The molecular weight excluding hydrogens is 188 g/mol. The first-order chi connectivity index (χ1) is 6.65. The highest BCUT2D eigenvalue weighted by Gasteiger charge is 2.08. The largest absolute Gasteiger partial charge is 0.507 e. The highest BCUT2D eigenvalue weighted by atomic mass is 19.3. The molecule has 0 aliphatic heterocycles. The Labute approximate surface area is 80.7 Å². The van der Waals surface area contributed by atoms with Gasteiger partial charge in [-0.15, -0.1) is 0 Å². The van der Waals surface area contributed by atoms with Crippen LogP contribution in [0.2, 0.25) is 0 Å². The van der Waals surface area contributed by atoms with Crippen molar-refractivity contribution >= 4 is 6.08 Å². The third-order valence-corrected chi connectivity index (χ3v) is 1.74. The maximum Gasteiger partial charge on any atom is 0.263 e. The Morgan fingerprint density at radius 2 is 2.14 bits per heavy atom. The lowest BCUT2D eigenvalue weighted by atomic mass is 10.1. The van der Waals surface area contributed by atoms with E-state index in [1.807, 2.05) is 0 Å². The van der Waals surface area contributed by atoms with Crippen LogP contribution in [-0.4, -0.2) is 11.7 Å². The average molecular weight is 199 g/mol. The van der Waals surface area contributed by atoms with Crippen LogP contribution in [0, 0.1) is 0 Å². The predicted octanol–water partition coefficient (Wildman–Crippen LogP) is 2.30. The first-order valence-corrected chi connectivity index (χ1v) is 4.13. The lowest BCUT2D eigenvalue weighted by molar-refractivity contribution is 0.151. The number of alkyl halides is 2. The van der Waals surface area contributed by atoms with E-state index >= 15 is 0 Å². The maximum atomic E-state index is 12.3. The molecule has 14 heavy (non-hydrogen) atoms. The third kappa shape index (κ3) is 2.53. The second kappa shape index (κ2) is 4.72. The van der Waals surface area contributed by atoms with Crippen molar-refractivity contribution in [1.82, 2.24) is 0 Å². The van der Waals surface area contributed by atoms with Crippen molar-refractivity contribution in [1.29, 1.82) is 0 Å².